The van der Waals surface area contributed by atoms with Crippen LogP contribution in [0.3, 0.4) is 0 Å². The lowest BCUT2D eigenvalue weighted by Gasteiger charge is -2.09. The molecule has 1 aromatic heterocycles. The van der Waals surface area contributed by atoms with E-state index in [1.54, 1.807) is 23.1 Å². The second-order valence-electron chi connectivity index (χ2n) is 3.25. The molecule has 1 aliphatic rings. The van der Waals surface area contributed by atoms with Crippen LogP contribution < -0.4 is 10.6 Å². The normalized spacial score (nSPS) is 19.2. The van der Waals surface area contributed by atoms with Crippen molar-refractivity contribution in [3.05, 3.63) is 20.8 Å². The maximum atomic E-state index is 11.6. The van der Waals surface area contributed by atoms with Crippen LogP contribution in [-0.2, 0) is 11.3 Å². The van der Waals surface area contributed by atoms with Gasteiger partial charge in [-0.15, -0.1) is 35.5 Å². The van der Waals surface area contributed by atoms with Crippen molar-refractivity contribution in [2.75, 3.05) is 11.6 Å². The van der Waals surface area contributed by atoms with Gasteiger partial charge in [0.05, 0.1) is 9.83 Å². The molecule has 0 unspecified atom stereocenters. The van der Waals surface area contributed by atoms with E-state index in [1.807, 2.05) is 11.4 Å². The third-order valence-corrected chi connectivity index (χ3v) is 4.61. The van der Waals surface area contributed by atoms with E-state index in [1.165, 1.54) is 0 Å². The van der Waals surface area contributed by atoms with Gasteiger partial charge < -0.3 is 5.32 Å². The zero-order valence-corrected chi connectivity index (χ0v) is 12.4. The van der Waals surface area contributed by atoms with Crippen LogP contribution in [0.5, 0.6) is 0 Å². The Labute approximate surface area is 117 Å². The van der Waals surface area contributed by atoms with Crippen LogP contribution in [0.15, 0.2) is 15.2 Å². The van der Waals surface area contributed by atoms with Gasteiger partial charge in [-0.25, -0.2) is 0 Å². The number of carbonyl (C=O) groups is 1. The minimum absolute atomic E-state index is 0. The molecule has 0 aromatic carbocycles. The first kappa shape index (κ1) is 14.3. The van der Waals surface area contributed by atoms with Crippen molar-refractivity contribution < 1.29 is 4.79 Å². The maximum Gasteiger partial charge on any atom is 0.238 e. The van der Waals surface area contributed by atoms with Crippen molar-refractivity contribution in [2.45, 2.75) is 12.6 Å². The summed E-state index contributed by atoms with van der Waals surface area (Å²) in [6.45, 7) is 0.615. The van der Waals surface area contributed by atoms with Crippen molar-refractivity contribution in [1.29, 1.82) is 0 Å². The van der Waals surface area contributed by atoms with Gasteiger partial charge >= 0.3 is 0 Å². The van der Waals surface area contributed by atoms with Gasteiger partial charge in [0.25, 0.3) is 0 Å². The average Bonchev–Trinajstić information content (AvgIpc) is 2.84. The number of hydrogen-bond acceptors (Lipinski definition) is 4. The van der Waals surface area contributed by atoms with Crippen LogP contribution >= 0.6 is 51.4 Å². The first-order valence-electron chi connectivity index (χ1n) is 4.57. The minimum Gasteiger partial charge on any atom is -0.351 e. The molecule has 1 saturated heterocycles. The number of halogens is 2. The topological polar surface area (TPSA) is 41.1 Å². The van der Waals surface area contributed by atoms with Crippen molar-refractivity contribution in [2.24, 2.45) is 0 Å². The Bertz CT molecular complexity index is 355. The highest BCUT2D eigenvalue weighted by molar-refractivity contribution is 9.11. The van der Waals surface area contributed by atoms with E-state index in [2.05, 4.69) is 26.6 Å². The van der Waals surface area contributed by atoms with E-state index in [0.717, 1.165) is 21.0 Å². The molecule has 7 heteroatoms. The summed E-state index contributed by atoms with van der Waals surface area (Å²) in [4.78, 5) is 11.6. The smallest absolute Gasteiger partial charge is 0.238 e. The van der Waals surface area contributed by atoms with E-state index in [0.29, 0.717) is 6.54 Å². The van der Waals surface area contributed by atoms with Gasteiger partial charge in [0.15, 0.2) is 0 Å². The van der Waals surface area contributed by atoms with Crippen molar-refractivity contribution in [3.8, 4) is 0 Å². The maximum absolute atomic E-state index is 11.6. The van der Waals surface area contributed by atoms with Crippen LogP contribution in [-0.4, -0.2) is 23.6 Å². The van der Waals surface area contributed by atoms with E-state index in [-0.39, 0.29) is 24.4 Å². The summed E-state index contributed by atoms with van der Waals surface area (Å²) in [6, 6.07) is 2.01. The molecule has 1 aromatic rings. The first-order valence-corrected chi connectivity index (χ1v) is 7.40. The second-order valence-corrected chi connectivity index (χ2v) is 6.57. The highest BCUT2D eigenvalue weighted by Gasteiger charge is 2.21. The monoisotopic (exact) mass is 342 g/mol. The zero-order valence-electron chi connectivity index (χ0n) is 8.36. The molecule has 2 rings (SSSR count). The highest BCUT2D eigenvalue weighted by Crippen LogP contribution is 2.20. The number of thiophene rings is 1. The quantitative estimate of drug-likeness (QED) is 0.884. The van der Waals surface area contributed by atoms with Crippen molar-refractivity contribution in [3.63, 3.8) is 0 Å². The Morgan fingerprint density at radius 2 is 2.50 bits per heavy atom. The molecule has 0 spiro atoms. The summed E-state index contributed by atoms with van der Waals surface area (Å²) in [5.74, 6) is 1.85. The summed E-state index contributed by atoms with van der Waals surface area (Å²) >= 11 is 6.79. The Kier molecular flexibility index (Phi) is 6.13. The number of carbonyl (C=O) groups excluding carboxylic acids is 1. The van der Waals surface area contributed by atoms with E-state index < -0.39 is 0 Å². The Morgan fingerprint density at radius 1 is 1.69 bits per heavy atom. The lowest BCUT2D eigenvalue weighted by molar-refractivity contribution is -0.122. The van der Waals surface area contributed by atoms with Gasteiger partial charge in [-0.3, -0.25) is 10.1 Å². The number of rotatable bonds is 3. The van der Waals surface area contributed by atoms with Crippen molar-refractivity contribution in [1.82, 2.24) is 10.6 Å². The zero-order chi connectivity index (χ0) is 10.7. The molecule has 0 bridgehead atoms. The van der Waals surface area contributed by atoms with E-state index >= 15 is 0 Å². The van der Waals surface area contributed by atoms with Crippen LogP contribution in [0, 0.1) is 0 Å². The highest BCUT2D eigenvalue weighted by atomic mass is 79.9. The third kappa shape index (κ3) is 3.92. The summed E-state index contributed by atoms with van der Waals surface area (Å²) in [6.07, 6.45) is 0. The van der Waals surface area contributed by atoms with Crippen LogP contribution in [0.2, 0.25) is 0 Å². The predicted molar refractivity (Wildman–Crippen MR) is 75.4 cm³/mol. The summed E-state index contributed by atoms with van der Waals surface area (Å²) in [5.41, 5.74) is 1.14. The Balaban J connectivity index is 0.00000128. The molecule has 2 heterocycles. The van der Waals surface area contributed by atoms with Gasteiger partial charge in [0, 0.05) is 18.2 Å². The second kappa shape index (κ2) is 6.86. The minimum atomic E-state index is -0.0166. The fourth-order valence-electron chi connectivity index (χ4n) is 1.31. The van der Waals surface area contributed by atoms with Crippen LogP contribution in [0.1, 0.15) is 5.56 Å². The molecule has 0 radical (unpaired) electrons. The van der Waals surface area contributed by atoms with E-state index in [4.69, 9.17) is 0 Å². The molecular weight excluding hydrogens is 332 g/mol. The number of thioether (sulfide) groups is 1. The van der Waals surface area contributed by atoms with Gasteiger partial charge in [0.2, 0.25) is 5.91 Å². The van der Waals surface area contributed by atoms with Gasteiger partial charge in [-0.05, 0) is 32.9 Å². The molecule has 1 atom stereocenters. The van der Waals surface area contributed by atoms with Gasteiger partial charge in [-0.1, -0.05) is 0 Å². The number of amides is 1. The summed E-state index contributed by atoms with van der Waals surface area (Å²) in [5, 5.41) is 8.11. The van der Waals surface area contributed by atoms with Crippen LogP contribution in [0.25, 0.3) is 0 Å². The molecule has 0 aliphatic carbocycles. The SMILES string of the molecule is Cl.O=C(NCc1csc(Br)c1)[C@H]1CSCN1. The standard InChI is InChI=1S/C9H11BrN2OS2.ClH/c10-8-1-6(3-15-8)2-11-9(13)7-4-14-5-12-7;/h1,3,7,12H,2,4-5H2,(H,11,13);1H/t7-;/m1./s1. The molecule has 1 amide bonds. The molecule has 0 saturated carbocycles. The first-order chi connectivity index (χ1) is 7.25. The Hall–Kier alpha value is 0.250. The summed E-state index contributed by atoms with van der Waals surface area (Å²) in [7, 11) is 0. The third-order valence-electron chi connectivity index (χ3n) is 2.12. The summed E-state index contributed by atoms with van der Waals surface area (Å²) < 4.78 is 1.10. The fraction of sp³-hybridized carbons (Fsp3) is 0.444. The number of hydrogen-bond donors (Lipinski definition) is 2. The molecule has 90 valence electrons. The molecular formula is C9H12BrClN2OS2. The molecule has 3 nitrogen and oxygen atoms in total. The van der Waals surface area contributed by atoms with Gasteiger partial charge in [0.1, 0.15) is 0 Å². The molecule has 1 fully saturated rings. The predicted octanol–water partition coefficient (Wildman–Crippen LogP) is 2.21. The largest absolute Gasteiger partial charge is 0.351 e. The molecule has 16 heavy (non-hydrogen) atoms. The molecule has 1 aliphatic heterocycles. The fourth-order valence-corrected chi connectivity index (χ4v) is 3.47. The lowest BCUT2D eigenvalue weighted by atomic mass is 10.3. The molecule has 2 N–H and O–H groups in total. The average molecular weight is 344 g/mol. The number of nitrogens with one attached hydrogen (secondary N) is 2. The van der Waals surface area contributed by atoms with E-state index in [9.17, 15) is 4.79 Å². The van der Waals surface area contributed by atoms with Gasteiger partial charge in [-0.2, -0.15) is 0 Å². The lowest BCUT2D eigenvalue weighted by Crippen LogP contribution is -2.41. The van der Waals surface area contributed by atoms with Crippen molar-refractivity contribution >= 4 is 57.3 Å². The Morgan fingerprint density at radius 3 is 3.06 bits per heavy atom. The van der Waals surface area contributed by atoms with Crippen LogP contribution in [0.4, 0.5) is 0 Å².